The lowest BCUT2D eigenvalue weighted by atomic mass is 10.1. The van der Waals surface area contributed by atoms with Gasteiger partial charge >= 0.3 is 6.09 Å². The molecule has 3 N–H and O–H groups in total. The van der Waals surface area contributed by atoms with E-state index in [-0.39, 0.29) is 12.1 Å². The van der Waals surface area contributed by atoms with E-state index in [0.717, 1.165) is 35.5 Å². The third-order valence-corrected chi connectivity index (χ3v) is 4.89. The summed E-state index contributed by atoms with van der Waals surface area (Å²) in [5.74, 6) is 1.19. The van der Waals surface area contributed by atoms with Gasteiger partial charge in [0.1, 0.15) is 17.2 Å². The second-order valence-corrected chi connectivity index (χ2v) is 8.18. The van der Waals surface area contributed by atoms with Gasteiger partial charge in [0.25, 0.3) is 0 Å². The first kappa shape index (κ1) is 19.0. The van der Waals surface area contributed by atoms with Gasteiger partial charge < -0.3 is 15.8 Å². The molecule has 150 valence electrons. The fourth-order valence-electron chi connectivity index (χ4n) is 3.67. The third kappa shape index (κ3) is 3.94. The molecule has 3 aromatic rings. The second-order valence-electron chi connectivity index (χ2n) is 8.18. The largest absolute Gasteiger partial charge is 0.444 e. The highest BCUT2D eigenvalue weighted by Gasteiger charge is 2.27. The van der Waals surface area contributed by atoms with Gasteiger partial charge in [-0.15, -0.1) is 0 Å². The molecule has 1 amide bonds. The number of nitrogens with zero attached hydrogens (tertiary/aromatic N) is 3. The first-order valence-electron chi connectivity index (χ1n) is 9.69. The van der Waals surface area contributed by atoms with Crippen molar-refractivity contribution >= 4 is 11.9 Å². The van der Waals surface area contributed by atoms with E-state index in [1.807, 2.05) is 49.7 Å². The molecule has 0 spiro atoms. The van der Waals surface area contributed by atoms with Gasteiger partial charge in [-0.25, -0.2) is 14.8 Å². The van der Waals surface area contributed by atoms with Crippen LogP contribution in [-0.2, 0) is 11.2 Å². The Morgan fingerprint density at radius 1 is 1.24 bits per heavy atom. The van der Waals surface area contributed by atoms with Crippen LogP contribution in [0.15, 0.2) is 48.9 Å². The standard InChI is InChI=1S/C22H25N5O2/c1-22(2,3)29-21(28)26-18-9-6-14-13-15(7-8-16(14)18)27-12-11-25-20(27)17-5-4-10-24-19(17)23/h4-5,7-8,10-13,18H,6,9H2,1-3H3,(H2,23,24)(H,26,28). The van der Waals surface area contributed by atoms with Gasteiger partial charge in [-0.1, -0.05) is 6.07 Å². The van der Waals surface area contributed by atoms with Gasteiger partial charge in [-0.2, -0.15) is 0 Å². The smallest absolute Gasteiger partial charge is 0.408 e. The molecule has 1 aliphatic rings. The van der Waals surface area contributed by atoms with E-state index >= 15 is 0 Å². The van der Waals surface area contributed by atoms with Crippen molar-refractivity contribution in [2.45, 2.75) is 45.3 Å². The van der Waals surface area contributed by atoms with Crippen molar-refractivity contribution in [3.63, 3.8) is 0 Å². The number of aryl methyl sites for hydroxylation is 1. The Morgan fingerprint density at radius 2 is 2.07 bits per heavy atom. The Balaban J connectivity index is 1.59. The van der Waals surface area contributed by atoms with Gasteiger partial charge in [-0.05, 0) is 69.0 Å². The number of amides is 1. The average molecular weight is 391 g/mol. The SMILES string of the molecule is CC(C)(C)OC(=O)NC1CCc2cc(-n3ccnc3-c3cccnc3N)ccc21. The van der Waals surface area contributed by atoms with E-state index in [1.165, 1.54) is 5.56 Å². The molecular formula is C22H25N5O2. The number of aromatic nitrogens is 3. The summed E-state index contributed by atoms with van der Waals surface area (Å²) >= 11 is 0. The Kier molecular flexibility index (Phi) is 4.74. The van der Waals surface area contributed by atoms with Crippen LogP contribution in [0.1, 0.15) is 44.4 Å². The molecule has 1 aliphatic carbocycles. The zero-order valence-electron chi connectivity index (χ0n) is 16.8. The zero-order valence-corrected chi connectivity index (χ0v) is 16.8. The monoisotopic (exact) mass is 391 g/mol. The molecular weight excluding hydrogens is 366 g/mol. The summed E-state index contributed by atoms with van der Waals surface area (Å²) in [6.45, 7) is 5.58. The number of benzene rings is 1. The van der Waals surface area contributed by atoms with Crippen LogP contribution >= 0.6 is 0 Å². The maximum Gasteiger partial charge on any atom is 0.408 e. The lowest BCUT2D eigenvalue weighted by Gasteiger charge is -2.22. The van der Waals surface area contributed by atoms with Crippen LogP contribution in [0.3, 0.4) is 0 Å². The number of hydrogen-bond acceptors (Lipinski definition) is 5. The topological polar surface area (TPSA) is 95.1 Å². The van der Waals surface area contributed by atoms with Crippen LogP contribution < -0.4 is 11.1 Å². The summed E-state index contributed by atoms with van der Waals surface area (Å²) in [7, 11) is 0. The van der Waals surface area contributed by atoms with Crippen LogP contribution in [-0.4, -0.2) is 26.2 Å². The molecule has 4 rings (SSSR count). The number of fused-ring (bicyclic) bond motifs is 1. The van der Waals surface area contributed by atoms with Crippen molar-refractivity contribution in [1.29, 1.82) is 0 Å². The molecule has 1 atom stereocenters. The maximum absolute atomic E-state index is 12.1. The van der Waals surface area contributed by atoms with Crippen LogP contribution in [0.25, 0.3) is 17.1 Å². The average Bonchev–Trinajstić information content (AvgIpc) is 3.27. The van der Waals surface area contributed by atoms with Crippen molar-refractivity contribution in [3.8, 4) is 17.1 Å². The van der Waals surface area contributed by atoms with Crippen molar-refractivity contribution in [3.05, 3.63) is 60.0 Å². The van der Waals surface area contributed by atoms with Gasteiger partial charge in [0.2, 0.25) is 0 Å². The summed E-state index contributed by atoms with van der Waals surface area (Å²) < 4.78 is 7.40. The number of ether oxygens (including phenoxy) is 1. The molecule has 1 aromatic carbocycles. The van der Waals surface area contributed by atoms with Gasteiger partial charge in [0.05, 0.1) is 11.6 Å². The third-order valence-electron chi connectivity index (χ3n) is 4.89. The molecule has 7 heteroatoms. The van der Waals surface area contributed by atoms with E-state index in [2.05, 4.69) is 27.4 Å². The highest BCUT2D eigenvalue weighted by Crippen LogP contribution is 2.34. The first-order valence-corrected chi connectivity index (χ1v) is 9.69. The highest BCUT2D eigenvalue weighted by atomic mass is 16.6. The minimum absolute atomic E-state index is 0.0369. The van der Waals surface area contributed by atoms with E-state index in [1.54, 1.807) is 12.4 Å². The number of imidazole rings is 1. The molecule has 7 nitrogen and oxygen atoms in total. The van der Waals surface area contributed by atoms with Crippen LogP contribution in [0.4, 0.5) is 10.6 Å². The summed E-state index contributed by atoms with van der Waals surface area (Å²) in [5, 5.41) is 2.99. The van der Waals surface area contributed by atoms with Gasteiger partial charge in [0.15, 0.2) is 0 Å². The molecule has 2 aromatic heterocycles. The summed E-state index contributed by atoms with van der Waals surface area (Å²) in [4.78, 5) is 20.8. The number of pyridine rings is 1. The predicted molar refractivity (Wildman–Crippen MR) is 112 cm³/mol. The molecule has 0 aliphatic heterocycles. The summed E-state index contributed by atoms with van der Waals surface area (Å²) in [6, 6.07) is 9.96. The van der Waals surface area contributed by atoms with Crippen LogP contribution in [0.2, 0.25) is 0 Å². The maximum atomic E-state index is 12.1. The number of carbonyl (C=O) groups is 1. The van der Waals surface area contributed by atoms with Crippen molar-refractivity contribution in [2.75, 3.05) is 5.73 Å². The predicted octanol–water partition coefficient (Wildman–Crippen LogP) is 4.03. The quantitative estimate of drug-likeness (QED) is 0.703. The molecule has 1 unspecified atom stereocenters. The Bertz CT molecular complexity index is 1050. The number of rotatable bonds is 3. The first-order chi connectivity index (χ1) is 13.8. The number of anilines is 1. The van der Waals surface area contributed by atoms with Gasteiger partial charge in [-0.3, -0.25) is 4.57 Å². The number of carbonyl (C=O) groups excluding carboxylic acids is 1. The number of nitrogen functional groups attached to an aromatic ring is 1. The number of nitrogens with one attached hydrogen (secondary N) is 1. The molecule has 2 heterocycles. The normalized spacial score (nSPS) is 15.8. The fraction of sp³-hybridized carbons (Fsp3) is 0.318. The van der Waals surface area contributed by atoms with E-state index in [9.17, 15) is 4.79 Å². The molecule has 0 bridgehead atoms. The number of alkyl carbamates (subject to hydrolysis) is 1. The highest BCUT2D eigenvalue weighted by molar-refractivity contribution is 5.70. The van der Waals surface area contributed by atoms with Gasteiger partial charge in [0, 0.05) is 24.3 Å². The van der Waals surface area contributed by atoms with Crippen LogP contribution in [0, 0.1) is 0 Å². The molecule has 0 saturated heterocycles. The van der Waals surface area contributed by atoms with Crippen LogP contribution in [0.5, 0.6) is 0 Å². The lowest BCUT2D eigenvalue weighted by molar-refractivity contribution is 0.0503. The summed E-state index contributed by atoms with van der Waals surface area (Å²) in [6.07, 6.45) is 6.69. The van der Waals surface area contributed by atoms with Crippen molar-refractivity contribution in [1.82, 2.24) is 19.9 Å². The Hall–Kier alpha value is -3.35. The molecule has 0 radical (unpaired) electrons. The number of hydrogen-bond donors (Lipinski definition) is 2. The van der Waals surface area contributed by atoms with E-state index in [4.69, 9.17) is 10.5 Å². The fourth-order valence-corrected chi connectivity index (χ4v) is 3.67. The van der Waals surface area contributed by atoms with E-state index in [0.29, 0.717) is 5.82 Å². The minimum atomic E-state index is -0.513. The van der Waals surface area contributed by atoms with E-state index < -0.39 is 5.60 Å². The molecule has 0 saturated carbocycles. The zero-order chi connectivity index (χ0) is 20.6. The Morgan fingerprint density at radius 3 is 2.83 bits per heavy atom. The molecule has 29 heavy (non-hydrogen) atoms. The lowest BCUT2D eigenvalue weighted by Crippen LogP contribution is -2.34. The van der Waals surface area contributed by atoms with Crippen molar-refractivity contribution in [2.24, 2.45) is 0 Å². The second kappa shape index (κ2) is 7.24. The van der Waals surface area contributed by atoms with Crippen molar-refractivity contribution < 1.29 is 9.53 Å². The minimum Gasteiger partial charge on any atom is -0.444 e. The summed E-state index contributed by atoms with van der Waals surface area (Å²) in [5.41, 5.74) is 9.66. The molecule has 0 fully saturated rings. The number of nitrogens with two attached hydrogens (primary N) is 1. The Labute approximate surface area is 169 Å².